The van der Waals surface area contributed by atoms with Gasteiger partial charge in [0.05, 0.1) is 6.20 Å². The first-order valence-electron chi connectivity index (χ1n) is 5.21. The summed E-state index contributed by atoms with van der Waals surface area (Å²) in [5, 5.41) is 6.60. The van der Waals surface area contributed by atoms with E-state index in [0.29, 0.717) is 5.01 Å². The van der Waals surface area contributed by atoms with E-state index in [-0.39, 0.29) is 5.78 Å². The van der Waals surface area contributed by atoms with Gasteiger partial charge in [-0.25, -0.2) is 9.67 Å². The molecule has 0 spiro atoms. The Morgan fingerprint density at radius 1 is 1.56 bits per heavy atom. The summed E-state index contributed by atoms with van der Waals surface area (Å²) >= 11 is 1.35. The van der Waals surface area contributed by atoms with Gasteiger partial charge in [0.1, 0.15) is 0 Å². The first-order valence-corrected chi connectivity index (χ1v) is 6.09. The lowest BCUT2D eigenvalue weighted by molar-refractivity contribution is 0.101. The van der Waals surface area contributed by atoms with E-state index in [1.807, 2.05) is 17.8 Å². The SMILES string of the molecule is CCCc1cnn(-c2csc(C(C)=O)n2)c1. The Kier molecular flexibility index (Phi) is 3.14. The maximum Gasteiger partial charge on any atom is 0.188 e. The zero-order valence-electron chi connectivity index (χ0n) is 9.30. The van der Waals surface area contributed by atoms with Crippen molar-refractivity contribution in [3.05, 3.63) is 28.3 Å². The van der Waals surface area contributed by atoms with Crippen LogP contribution in [0.15, 0.2) is 17.8 Å². The van der Waals surface area contributed by atoms with Crippen LogP contribution in [0, 0.1) is 0 Å². The largest absolute Gasteiger partial charge is 0.292 e. The highest BCUT2D eigenvalue weighted by Crippen LogP contribution is 2.14. The van der Waals surface area contributed by atoms with Gasteiger partial charge in [-0.2, -0.15) is 5.10 Å². The van der Waals surface area contributed by atoms with Gasteiger partial charge in [-0.1, -0.05) is 13.3 Å². The normalized spacial score (nSPS) is 10.6. The van der Waals surface area contributed by atoms with Gasteiger partial charge >= 0.3 is 0 Å². The van der Waals surface area contributed by atoms with Crippen molar-refractivity contribution in [3.63, 3.8) is 0 Å². The van der Waals surface area contributed by atoms with Crippen molar-refractivity contribution in [2.24, 2.45) is 0 Å². The van der Waals surface area contributed by atoms with E-state index in [4.69, 9.17) is 0 Å². The molecule has 0 unspecified atom stereocenters. The number of carbonyl (C=O) groups is 1. The van der Waals surface area contributed by atoms with Crippen LogP contribution in [-0.2, 0) is 6.42 Å². The lowest BCUT2D eigenvalue weighted by Crippen LogP contribution is -1.96. The molecule has 0 radical (unpaired) electrons. The lowest BCUT2D eigenvalue weighted by Gasteiger charge is -1.93. The lowest BCUT2D eigenvalue weighted by atomic mass is 10.2. The monoisotopic (exact) mass is 235 g/mol. The molecule has 0 saturated carbocycles. The number of ketones is 1. The van der Waals surface area contributed by atoms with E-state index in [0.717, 1.165) is 18.7 Å². The molecule has 0 bridgehead atoms. The molecule has 2 aromatic heterocycles. The van der Waals surface area contributed by atoms with E-state index in [1.165, 1.54) is 23.8 Å². The van der Waals surface area contributed by atoms with Crippen molar-refractivity contribution < 1.29 is 4.79 Å². The molecular formula is C11H13N3OS. The van der Waals surface area contributed by atoms with Crippen LogP contribution < -0.4 is 0 Å². The number of aromatic nitrogens is 3. The van der Waals surface area contributed by atoms with E-state index < -0.39 is 0 Å². The Bertz CT molecular complexity index is 501. The number of Topliss-reactive ketones (excluding diaryl/α,β-unsaturated/α-hetero) is 1. The number of hydrogen-bond donors (Lipinski definition) is 0. The van der Waals surface area contributed by atoms with Gasteiger partial charge in [-0.15, -0.1) is 11.3 Å². The summed E-state index contributed by atoms with van der Waals surface area (Å²) in [7, 11) is 0. The van der Waals surface area contributed by atoms with Crippen molar-refractivity contribution in [1.82, 2.24) is 14.8 Å². The van der Waals surface area contributed by atoms with Gasteiger partial charge in [0.2, 0.25) is 0 Å². The van der Waals surface area contributed by atoms with E-state index in [9.17, 15) is 4.79 Å². The number of nitrogens with zero attached hydrogens (tertiary/aromatic N) is 3. The zero-order valence-corrected chi connectivity index (χ0v) is 10.1. The molecule has 2 rings (SSSR count). The summed E-state index contributed by atoms with van der Waals surface area (Å²) in [6, 6.07) is 0. The van der Waals surface area contributed by atoms with Crippen molar-refractivity contribution in [1.29, 1.82) is 0 Å². The Labute approximate surface area is 97.9 Å². The molecular weight excluding hydrogens is 222 g/mol. The Morgan fingerprint density at radius 2 is 2.38 bits per heavy atom. The molecule has 0 aliphatic carbocycles. The summed E-state index contributed by atoms with van der Waals surface area (Å²) in [5.74, 6) is 0.717. The minimum Gasteiger partial charge on any atom is -0.292 e. The molecule has 16 heavy (non-hydrogen) atoms. The maximum absolute atomic E-state index is 11.1. The van der Waals surface area contributed by atoms with Gasteiger partial charge < -0.3 is 0 Å². The fraction of sp³-hybridized carbons (Fsp3) is 0.364. The Hall–Kier alpha value is -1.49. The van der Waals surface area contributed by atoms with Crippen LogP contribution in [0.5, 0.6) is 0 Å². The minimum atomic E-state index is -0.00260. The molecule has 0 aliphatic rings. The molecule has 0 atom stereocenters. The van der Waals surface area contributed by atoms with Crippen molar-refractivity contribution >= 4 is 17.1 Å². The van der Waals surface area contributed by atoms with Crippen LogP contribution in [0.1, 0.15) is 35.6 Å². The summed E-state index contributed by atoms with van der Waals surface area (Å²) in [6.45, 7) is 3.66. The van der Waals surface area contributed by atoms with Gasteiger partial charge in [-0.05, 0) is 12.0 Å². The predicted octanol–water partition coefficient (Wildman–Crippen LogP) is 2.48. The summed E-state index contributed by atoms with van der Waals surface area (Å²) in [4.78, 5) is 15.3. The third-order valence-electron chi connectivity index (χ3n) is 2.20. The van der Waals surface area contributed by atoms with Crippen molar-refractivity contribution in [3.8, 4) is 5.82 Å². The number of thiazole rings is 1. The highest BCUT2D eigenvalue weighted by Gasteiger charge is 2.08. The van der Waals surface area contributed by atoms with Gasteiger partial charge in [0.25, 0.3) is 0 Å². The standard InChI is InChI=1S/C11H13N3OS/c1-3-4-9-5-12-14(6-9)10-7-16-11(13-10)8(2)15/h5-7H,3-4H2,1-2H3. The second kappa shape index (κ2) is 4.57. The smallest absolute Gasteiger partial charge is 0.188 e. The molecule has 0 aliphatic heterocycles. The molecule has 0 saturated heterocycles. The molecule has 2 aromatic rings. The Balaban J connectivity index is 2.24. The number of carbonyl (C=O) groups excluding carboxylic acids is 1. The average molecular weight is 235 g/mol. The topological polar surface area (TPSA) is 47.8 Å². The van der Waals surface area contributed by atoms with E-state index in [1.54, 1.807) is 4.68 Å². The molecule has 0 amide bonds. The number of rotatable bonds is 4. The van der Waals surface area contributed by atoms with Crippen LogP contribution in [0.2, 0.25) is 0 Å². The van der Waals surface area contributed by atoms with Crippen LogP contribution in [0.25, 0.3) is 5.82 Å². The van der Waals surface area contributed by atoms with Crippen molar-refractivity contribution in [2.75, 3.05) is 0 Å². The molecule has 0 fully saturated rings. The molecule has 2 heterocycles. The van der Waals surface area contributed by atoms with Crippen LogP contribution >= 0.6 is 11.3 Å². The second-order valence-electron chi connectivity index (χ2n) is 3.61. The zero-order chi connectivity index (χ0) is 11.5. The predicted molar refractivity (Wildman–Crippen MR) is 63.2 cm³/mol. The molecule has 84 valence electrons. The summed E-state index contributed by atoms with van der Waals surface area (Å²) < 4.78 is 1.72. The van der Waals surface area contributed by atoms with Gasteiger partial charge in [-0.3, -0.25) is 4.79 Å². The fourth-order valence-corrected chi connectivity index (χ4v) is 2.13. The third-order valence-corrected chi connectivity index (χ3v) is 3.13. The molecule has 0 N–H and O–H groups in total. The molecule has 4 nitrogen and oxygen atoms in total. The maximum atomic E-state index is 11.1. The average Bonchev–Trinajstić information content (AvgIpc) is 2.84. The summed E-state index contributed by atoms with van der Waals surface area (Å²) in [5.41, 5.74) is 1.19. The highest BCUT2D eigenvalue weighted by atomic mass is 32.1. The van der Waals surface area contributed by atoms with Crippen LogP contribution in [-0.4, -0.2) is 20.5 Å². The molecule has 0 aromatic carbocycles. The van der Waals surface area contributed by atoms with Crippen LogP contribution in [0.4, 0.5) is 0 Å². The number of hydrogen-bond acceptors (Lipinski definition) is 4. The second-order valence-corrected chi connectivity index (χ2v) is 4.47. The van der Waals surface area contributed by atoms with Gasteiger partial charge in [0.15, 0.2) is 16.6 Å². The van der Waals surface area contributed by atoms with E-state index >= 15 is 0 Å². The summed E-state index contributed by atoms with van der Waals surface area (Å²) in [6.07, 6.45) is 5.92. The van der Waals surface area contributed by atoms with Gasteiger partial charge in [0, 0.05) is 18.5 Å². The quantitative estimate of drug-likeness (QED) is 0.765. The minimum absolute atomic E-state index is 0.00260. The third kappa shape index (κ3) is 2.19. The molecule has 5 heteroatoms. The fourth-order valence-electron chi connectivity index (χ4n) is 1.44. The van der Waals surface area contributed by atoms with E-state index in [2.05, 4.69) is 17.0 Å². The Morgan fingerprint density at radius 3 is 3.00 bits per heavy atom. The number of aryl methyl sites for hydroxylation is 1. The highest BCUT2D eigenvalue weighted by molar-refractivity contribution is 7.11. The first-order chi connectivity index (χ1) is 7.70. The van der Waals surface area contributed by atoms with Crippen molar-refractivity contribution in [2.45, 2.75) is 26.7 Å². The first kappa shape index (κ1) is 11.0. The van der Waals surface area contributed by atoms with Crippen LogP contribution in [0.3, 0.4) is 0 Å².